The van der Waals surface area contributed by atoms with E-state index in [-0.39, 0.29) is 12.2 Å². The molecule has 0 aliphatic heterocycles. The van der Waals surface area contributed by atoms with Gasteiger partial charge in [-0.1, -0.05) is 6.92 Å². The van der Waals surface area contributed by atoms with Crippen molar-refractivity contribution in [3.8, 4) is 0 Å². The molecule has 0 aliphatic carbocycles. The number of carbonyl (C=O) groups excluding carboxylic acids is 3. The third-order valence-corrected chi connectivity index (χ3v) is 1.32. The van der Waals surface area contributed by atoms with Crippen LogP contribution in [0, 0.1) is 0 Å². The largest absolute Gasteiger partial charge is 0.516 e. The van der Waals surface area contributed by atoms with Crippen LogP contribution in [0.4, 0.5) is 4.79 Å². The minimum Gasteiger partial charge on any atom is -0.428 e. The molecular formula is C10H16O5. The van der Waals surface area contributed by atoms with Crippen LogP contribution in [-0.2, 0) is 19.1 Å². The summed E-state index contributed by atoms with van der Waals surface area (Å²) < 4.78 is 9.01. The maximum absolute atomic E-state index is 11.0. The van der Waals surface area contributed by atoms with E-state index < -0.39 is 24.1 Å². The van der Waals surface area contributed by atoms with Gasteiger partial charge in [-0.05, 0) is 20.8 Å². The summed E-state index contributed by atoms with van der Waals surface area (Å²) in [5, 5.41) is 0. The molecule has 0 saturated heterocycles. The minimum absolute atomic E-state index is 0.240. The van der Waals surface area contributed by atoms with E-state index in [1.165, 1.54) is 0 Å². The Morgan fingerprint density at radius 3 is 2.07 bits per heavy atom. The van der Waals surface area contributed by atoms with E-state index in [4.69, 9.17) is 4.74 Å². The van der Waals surface area contributed by atoms with Crippen LogP contribution in [0.15, 0.2) is 0 Å². The topological polar surface area (TPSA) is 69.7 Å². The van der Waals surface area contributed by atoms with E-state index in [2.05, 4.69) is 4.74 Å². The van der Waals surface area contributed by atoms with E-state index in [1.807, 2.05) is 0 Å². The molecule has 0 aromatic rings. The van der Waals surface area contributed by atoms with Crippen molar-refractivity contribution >= 4 is 17.9 Å². The number of rotatable bonds is 3. The number of hydrogen-bond acceptors (Lipinski definition) is 5. The van der Waals surface area contributed by atoms with Gasteiger partial charge in [-0.3, -0.25) is 9.59 Å². The highest BCUT2D eigenvalue weighted by Crippen LogP contribution is 2.08. The van der Waals surface area contributed by atoms with Crippen molar-refractivity contribution in [3.63, 3.8) is 0 Å². The van der Waals surface area contributed by atoms with Gasteiger partial charge in [-0.2, -0.15) is 0 Å². The molecule has 0 heterocycles. The van der Waals surface area contributed by atoms with Gasteiger partial charge in [0.15, 0.2) is 0 Å². The van der Waals surface area contributed by atoms with Gasteiger partial charge in [0, 0.05) is 6.42 Å². The van der Waals surface area contributed by atoms with Crippen LogP contribution < -0.4 is 0 Å². The van der Waals surface area contributed by atoms with Gasteiger partial charge in [-0.25, -0.2) is 4.79 Å². The summed E-state index contributed by atoms with van der Waals surface area (Å²) in [7, 11) is 0. The lowest BCUT2D eigenvalue weighted by molar-refractivity contribution is -0.143. The number of esters is 1. The van der Waals surface area contributed by atoms with Crippen molar-refractivity contribution in [2.45, 2.75) is 46.1 Å². The third kappa shape index (κ3) is 7.66. The first-order chi connectivity index (χ1) is 6.74. The molecule has 0 atom stereocenters. The number of ether oxygens (including phenoxy) is 2. The van der Waals surface area contributed by atoms with Crippen molar-refractivity contribution in [3.05, 3.63) is 0 Å². The summed E-state index contributed by atoms with van der Waals surface area (Å²) in [6.45, 7) is 6.57. The fourth-order valence-electron chi connectivity index (χ4n) is 0.686. The Balaban J connectivity index is 3.98. The first-order valence-electron chi connectivity index (χ1n) is 4.70. The van der Waals surface area contributed by atoms with E-state index in [0.717, 1.165) is 0 Å². The van der Waals surface area contributed by atoms with Crippen LogP contribution in [0.2, 0.25) is 0 Å². The van der Waals surface area contributed by atoms with Crippen molar-refractivity contribution < 1.29 is 23.9 Å². The summed E-state index contributed by atoms with van der Waals surface area (Å²) in [6.07, 6.45) is -1.23. The predicted molar refractivity (Wildman–Crippen MR) is 52.2 cm³/mol. The molecule has 0 bridgehead atoms. The number of hydrogen-bond donors (Lipinski definition) is 0. The van der Waals surface area contributed by atoms with Crippen molar-refractivity contribution in [1.29, 1.82) is 0 Å². The first-order valence-corrected chi connectivity index (χ1v) is 4.70. The second kappa shape index (κ2) is 5.48. The highest BCUT2D eigenvalue weighted by molar-refractivity contribution is 5.98. The molecule has 0 fully saturated rings. The standard InChI is InChI=1S/C10H16O5/c1-5-7(11)6-8(12)14-9(13)15-10(2,3)4/h5-6H2,1-4H3. The molecule has 0 unspecified atom stereocenters. The molecule has 0 rings (SSSR count). The normalized spacial score (nSPS) is 10.7. The number of carbonyl (C=O) groups is 3. The molecule has 0 aromatic heterocycles. The predicted octanol–water partition coefficient (Wildman–Crippen LogP) is 1.83. The molecule has 0 amide bonds. The van der Waals surface area contributed by atoms with Gasteiger partial charge in [0.25, 0.3) is 0 Å². The zero-order chi connectivity index (χ0) is 12.1. The fourth-order valence-corrected chi connectivity index (χ4v) is 0.686. The zero-order valence-electron chi connectivity index (χ0n) is 9.46. The maximum atomic E-state index is 11.0. The number of ketones is 1. The second-order valence-electron chi connectivity index (χ2n) is 4.01. The quantitative estimate of drug-likeness (QED) is 0.531. The van der Waals surface area contributed by atoms with Gasteiger partial charge in [0.05, 0.1) is 0 Å². The third-order valence-electron chi connectivity index (χ3n) is 1.32. The lowest BCUT2D eigenvalue weighted by Crippen LogP contribution is -2.26. The SMILES string of the molecule is CCC(=O)CC(=O)OC(=O)OC(C)(C)C. The Kier molecular flexibility index (Phi) is 4.97. The molecular weight excluding hydrogens is 200 g/mol. The maximum Gasteiger partial charge on any atom is 0.516 e. The van der Waals surface area contributed by atoms with E-state index in [9.17, 15) is 14.4 Å². The van der Waals surface area contributed by atoms with Gasteiger partial charge in [-0.15, -0.1) is 0 Å². The molecule has 0 saturated carbocycles. The highest BCUT2D eigenvalue weighted by Gasteiger charge is 2.21. The molecule has 15 heavy (non-hydrogen) atoms. The monoisotopic (exact) mass is 216 g/mol. The fraction of sp³-hybridized carbons (Fsp3) is 0.700. The van der Waals surface area contributed by atoms with E-state index >= 15 is 0 Å². The molecule has 0 spiro atoms. The minimum atomic E-state index is -1.07. The zero-order valence-corrected chi connectivity index (χ0v) is 9.46. The molecule has 0 radical (unpaired) electrons. The summed E-state index contributed by atoms with van der Waals surface area (Å²) in [5.74, 6) is -1.15. The second-order valence-corrected chi connectivity index (χ2v) is 4.01. The van der Waals surface area contributed by atoms with Crippen LogP contribution in [0.25, 0.3) is 0 Å². The Morgan fingerprint density at radius 1 is 1.13 bits per heavy atom. The average molecular weight is 216 g/mol. The van der Waals surface area contributed by atoms with Crippen molar-refractivity contribution in [2.75, 3.05) is 0 Å². The smallest absolute Gasteiger partial charge is 0.428 e. The van der Waals surface area contributed by atoms with Crippen LogP contribution in [0.3, 0.4) is 0 Å². The van der Waals surface area contributed by atoms with Gasteiger partial charge < -0.3 is 9.47 Å². The van der Waals surface area contributed by atoms with E-state index in [1.54, 1.807) is 27.7 Å². The van der Waals surface area contributed by atoms with Crippen LogP contribution in [0.1, 0.15) is 40.5 Å². The van der Waals surface area contributed by atoms with E-state index in [0.29, 0.717) is 0 Å². The number of Topliss-reactive ketones (excluding diaryl/α,β-unsaturated/α-hetero) is 1. The van der Waals surface area contributed by atoms with Crippen molar-refractivity contribution in [1.82, 2.24) is 0 Å². The Labute approximate surface area is 88.7 Å². The first kappa shape index (κ1) is 13.6. The van der Waals surface area contributed by atoms with Crippen LogP contribution >= 0.6 is 0 Å². The molecule has 0 N–H and O–H groups in total. The van der Waals surface area contributed by atoms with Gasteiger partial charge in [0.2, 0.25) is 0 Å². The summed E-state index contributed by atoms with van der Waals surface area (Å²) in [6, 6.07) is 0. The van der Waals surface area contributed by atoms with Crippen molar-refractivity contribution in [2.24, 2.45) is 0 Å². The van der Waals surface area contributed by atoms with Gasteiger partial charge in [0.1, 0.15) is 17.8 Å². The Hall–Kier alpha value is -1.39. The summed E-state index contributed by atoms with van der Waals surface area (Å²) in [4.78, 5) is 32.8. The van der Waals surface area contributed by atoms with Crippen LogP contribution in [0.5, 0.6) is 0 Å². The molecule has 86 valence electrons. The summed E-state index contributed by atoms with van der Waals surface area (Å²) in [5.41, 5.74) is -0.716. The average Bonchev–Trinajstić information content (AvgIpc) is 1.99. The molecule has 5 nitrogen and oxygen atoms in total. The molecule has 5 heteroatoms. The summed E-state index contributed by atoms with van der Waals surface area (Å²) >= 11 is 0. The molecule has 0 aliphatic rings. The van der Waals surface area contributed by atoms with Crippen LogP contribution in [-0.4, -0.2) is 23.5 Å². The Morgan fingerprint density at radius 2 is 1.67 bits per heavy atom. The van der Waals surface area contributed by atoms with Gasteiger partial charge >= 0.3 is 12.1 Å². The lowest BCUT2D eigenvalue weighted by atomic mass is 10.2. The highest BCUT2D eigenvalue weighted by atomic mass is 16.7. The Bertz CT molecular complexity index is 261. The molecule has 0 aromatic carbocycles. The lowest BCUT2D eigenvalue weighted by Gasteiger charge is -2.17.